The lowest BCUT2D eigenvalue weighted by Crippen LogP contribution is -2.14. The highest BCUT2D eigenvalue weighted by Gasteiger charge is 1.82. The van der Waals surface area contributed by atoms with Crippen molar-refractivity contribution in [3.05, 3.63) is 35.9 Å². The fourth-order valence-corrected chi connectivity index (χ4v) is 1.09. The van der Waals surface area contributed by atoms with Crippen molar-refractivity contribution in [3.8, 4) is 23.7 Å². The molecule has 0 bridgehead atoms. The van der Waals surface area contributed by atoms with Crippen molar-refractivity contribution in [2.75, 3.05) is 13.1 Å². The number of benzene rings is 1. The first kappa shape index (κ1) is 11.4. The smallest absolute Gasteiger partial charge is 0.0580 e. The van der Waals surface area contributed by atoms with Gasteiger partial charge in [0.05, 0.1) is 6.54 Å². The van der Waals surface area contributed by atoms with E-state index in [4.69, 9.17) is 0 Å². The largest absolute Gasteiger partial charge is 0.305 e. The summed E-state index contributed by atoms with van der Waals surface area (Å²) in [5.41, 5.74) is 1.06. The molecule has 0 aliphatic heterocycles. The van der Waals surface area contributed by atoms with Crippen molar-refractivity contribution >= 4 is 0 Å². The Morgan fingerprint density at radius 3 is 2.67 bits per heavy atom. The molecule has 0 unspecified atom stereocenters. The fourth-order valence-electron chi connectivity index (χ4n) is 1.09. The second-order valence-electron chi connectivity index (χ2n) is 3.02. The maximum absolute atomic E-state index is 3.21. The van der Waals surface area contributed by atoms with E-state index in [9.17, 15) is 0 Å². The molecule has 0 saturated carbocycles. The molecule has 0 aromatic heterocycles. The normalized spacial score (nSPS) is 8.33. The molecule has 0 aliphatic carbocycles. The van der Waals surface area contributed by atoms with Gasteiger partial charge in [-0.05, 0) is 19.1 Å². The van der Waals surface area contributed by atoms with Gasteiger partial charge in [-0.25, -0.2) is 0 Å². The summed E-state index contributed by atoms with van der Waals surface area (Å²) < 4.78 is 0. The molecule has 0 spiro atoms. The van der Waals surface area contributed by atoms with Crippen LogP contribution in [0.15, 0.2) is 30.3 Å². The number of hydrogen-bond donors (Lipinski definition) is 1. The molecule has 1 N–H and O–H groups in total. The van der Waals surface area contributed by atoms with Crippen molar-refractivity contribution in [2.24, 2.45) is 0 Å². The van der Waals surface area contributed by atoms with Gasteiger partial charge in [0, 0.05) is 18.5 Å². The SMILES string of the molecule is CC#CCCNCC#Cc1ccccc1. The Bertz CT molecular complexity index is 384. The van der Waals surface area contributed by atoms with Crippen LogP contribution in [0.5, 0.6) is 0 Å². The van der Waals surface area contributed by atoms with Gasteiger partial charge in [0.2, 0.25) is 0 Å². The van der Waals surface area contributed by atoms with Gasteiger partial charge in [0.15, 0.2) is 0 Å². The van der Waals surface area contributed by atoms with Gasteiger partial charge in [-0.15, -0.1) is 11.8 Å². The molecule has 0 atom stereocenters. The van der Waals surface area contributed by atoms with E-state index < -0.39 is 0 Å². The minimum absolute atomic E-state index is 0.723. The van der Waals surface area contributed by atoms with Crippen LogP contribution in [-0.4, -0.2) is 13.1 Å². The number of nitrogens with one attached hydrogen (secondary N) is 1. The topological polar surface area (TPSA) is 12.0 Å². The number of rotatable bonds is 3. The van der Waals surface area contributed by atoms with Crippen molar-refractivity contribution in [1.82, 2.24) is 5.32 Å². The Kier molecular flexibility index (Phi) is 5.82. The maximum atomic E-state index is 3.21. The Morgan fingerprint density at radius 1 is 1.13 bits per heavy atom. The summed E-state index contributed by atoms with van der Waals surface area (Å²) in [6, 6.07) is 10.0. The molecule has 0 fully saturated rings. The zero-order chi connectivity index (χ0) is 10.8. The number of hydrogen-bond acceptors (Lipinski definition) is 1. The second-order valence-corrected chi connectivity index (χ2v) is 3.02. The van der Waals surface area contributed by atoms with Gasteiger partial charge in [0.1, 0.15) is 0 Å². The van der Waals surface area contributed by atoms with Crippen LogP contribution in [0.25, 0.3) is 0 Å². The van der Waals surface area contributed by atoms with Gasteiger partial charge >= 0.3 is 0 Å². The van der Waals surface area contributed by atoms with E-state index in [0.717, 1.165) is 25.1 Å². The average molecular weight is 197 g/mol. The molecular formula is C14H15N. The highest BCUT2D eigenvalue weighted by molar-refractivity contribution is 5.33. The van der Waals surface area contributed by atoms with Crippen LogP contribution in [0, 0.1) is 23.7 Å². The summed E-state index contributed by atoms with van der Waals surface area (Å²) in [5.74, 6) is 12.0. The molecule has 1 nitrogen and oxygen atoms in total. The van der Waals surface area contributed by atoms with Crippen molar-refractivity contribution < 1.29 is 0 Å². The Balaban J connectivity index is 2.19. The summed E-state index contributed by atoms with van der Waals surface area (Å²) in [7, 11) is 0. The first-order valence-electron chi connectivity index (χ1n) is 5.07. The van der Waals surface area contributed by atoms with E-state index in [-0.39, 0.29) is 0 Å². The molecule has 0 saturated heterocycles. The monoisotopic (exact) mass is 197 g/mol. The van der Waals surface area contributed by atoms with Gasteiger partial charge in [-0.3, -0.25) is 0 Å². The molecule has 0 amide bonds. The maximum Gasteiger partial charge on any atom is 0.0580 e. The molecule has 76 valence electrons. The minimum Gasteiger partial charge on any atom is -0.305 e. The van der Waals surface area contributed by atoms with Crippen molar-refractivity contribution in [1.29, 1.82) is 0 Å². The summed E-state index contributed by atoms with van der Waals surface area (Å²) in [5, 5.41) is 3.21. The van der Waals surface area contributed by atoms with E-state index in [1.807, 2.05) is 37.3 Å². The van der Waals surface area contributed by atoms with Crippen LogP contribution in [0.4, 0.5) is 0 Å². The molecule has 0 heterocycles. The highest BCUT2D eigenvalue weighted by atomic mass is 14.8. The molecule has 1 aromatic carbocycles. The summed E-state index contributed by atoms with van der Waals surface area (Å²) in [6.45, 7) is 3.49. The third-order valence-electron chi connectivity index (χ3n) is 1.82. The van der Waals surface area contributed by atoms with E-state index >= 15 is 0 Å². The highest BCUT2D eigenvalue weighted by Crippen LogP contribution is 1.93. The lowest BCUT2D eigenvalue weighted by atomic mass is 10.2. The van der Waals surface area contributed by atoms with Crippen LogP contribution < -0.4 is 5.32 Å². The molecule has 15 heavy (non-hydrogen) atoms. The predicted molar refractivity (Wildman–Crippen MR) is 64.3 cm³/mol. The zero-order valence-electron chi connectivity index (χ0n) is 9.01. The minimum atomic E-state index is 0.723. The average Bonchev–Trinajstić information content (AvgIpc) is 2.29. The van der Waals surface area contributed by atoms with E-state index in [1.165, 1.54) is 0 Å². The lowest BCUT2D eigenvalue weighted by Gasteiger charge is -1.93. The Morgan fingerprint density at radius 2 is 1.93 bits per heavy atom. The molecule has 1 rings (SSSR count). The van der Waals surface area contributed by atoms with Crippen molar-refractivity contribution in [3.63, 3.8) is 0 Å². The molecule has 1 heteroatoms. The summed E-state index contributed by atoms with van der Waals surface area (Å²) >= 11 is 0. The van der Waals surface area contributed by atoms with Crippen LogP contribution in [0.1, 0.15) is 18.9 Å². The van der Waals surface area contributed by atoms with Crippen LogP contribution in [-0.2, 0) is 0 Å². The third kappa shape index (κ3) is 5.57. The Labute approximate surface area is 91.9 Å². The molecular weight excluding hydrogens is 182 g/mol. The lowest BCUT2D eigenvalue weighted by molar-refractivity contribution is 0.774. The first-order chi connectivity index (χ1) is 7.43. The standard InChI is InChI=1S/C14H15N/c1-2-3-7-12-15-13-8-11-14-9-5-4-6-10-14/h4-6,9-10,15H,7,12-13H2,1H3. The van der Waals surface area contributed by atoms with Crippen molar-refractivity contribution in [2.45, 2.75) is 13.3 Å². The van der Waals surface area contributed by atoms with E-state index in [1.54, 1.807) is 0 Å². The molecule has 0 aliphatic rings. The Hall–Kier alpha value is -1.70. The quantitative estimate of drug-likeness (QED) is 0.577. The van der Waals surface area contributed by atoms with Crippen LogP contribution in [0.2, 0.25) is 0 Å². The zero-order valence-corrected chi connectivity index (χ0v) is 9.01. The van der Waals surface area contributed by atoms with Crippen LogP contribution >= 0.6 is 0 Å². The van der Waals surface area contributed by atoms with Gasteiger partial charge in [-0.1, -0.05) is 30.0 Å². The first-order valence-corrected chi connectivity index (χ1v) is 5.07. The summed E-state index contributed by atoms with van der Waals surface area (Å²) in [4.78, 5) is 0. The fraction of sp³-hybridized carbons (Fsp3) is 0.286. The third-order valence-corrected chi connectivity index (χ3v) is 1.82. The van der Waals surface area contributed by atoms with Crippen LogP contribution in [0.3, 0.4) is 0 Å². The molecule has 1 aromatic rings. The van der Waals surface area contributed by atoms with E-state index in [2.05, 4.69) is 29.0 Å². The molecule has 0 radical (unpaired) electrons. The predicted octanol–water partition coefficient (Wildman–Crippen LogP) is 2.04. The second kappa shape index (κ2) is 7.68. The van der Waals surface area contributed by atoms with E-state index in [0.29, 0.717) is 0 Å². The summed E-state index contributed by atoms with van der Waals surface area (Å²) in [6.07, 6.45) is 0.892. The van der Waals surface area contributed by atoms with Gasteiger partial charge in [-0.2, -0.15) is 0 Å². The van der Waals surface area contributed by atoms with Gasteiger partial charge < -0.3 is 5.32 Å². The van der Waals surface area contributed by atoms with Gasteiger partial charge in [0.25, 0.3) is 0 Å².